The second kappa shape index (κ2) is 8.54. The molecule has 3 N–H and O–H groups in total. The molecule has 0 unspecified atom stereocenters. The van der Waals surface area contributed by atoms with Crippen molar-refractivity contribution >= 4 is 34.0 Å². The van der Waals surface area contributed by atoms with Crippen molar-refractivity contribution in [3.8, 4) is 5.75 Å². The summed E-state index contributed by atoms with van der Waals surface area (Å²) in [6.45, 7) is 3.05. The van der Waals surface area contributed by atoms with Gasteiger partial charge >= 0.3 is 6.18 Å². The average Bonchev–Trinajstić information content (AvgIpc) is 3.10. The van der Waals surface area contributed by atoms with Gasteiger partial charge in [-0.15, -0.1) is 0 Å². The standard InChI is InChI=1S/C24H19F3N4O3/c1-13(28-29-22(33)19-10-15-6-3-4-7-16(15)11-20(19)32)21-14(2)30-31(23(21)34)18-9-5-8-17(12-18)24(25,26)27/h3-12,28,32H,1-2H3,(H,29,33)/b21-13-. The van der Waals surface area contributed by atoms with Gasteiger partial charge in [0.2, 0.25) is 0 Å². The number of hydrazone groups is 1. The molecule has 0 saturated carbocycles. The van der Waals surface area contributed by atoms with Gasteiger partial charge in [0.05, 0.1) is 28.1 Å². The fraction of sp³-hybridized carbons (Fsp3) is 0.125. The van der Waals surface area contributed by atoms with Crippen LogP contribution in [0.5, 0.6) is 5.75 Å². The number of aromatic hydroxyl groups is 1. The topological polar surface area (TPSA) is 94.0 Å². The van der Waals surface area contributed by atoms with E-state index in [9.17, 15) is 27.9 Å². The number of allylic oxidation sites excluding steroid dienone is 1. The number of nitrogens with one attached hydrogen (secondary N) is 2. The number of amides is 2. The molecular formula is C24H19F3N4O3. The zero-order chi connectivity index (χ0) is 24.6. The molecule has 0 radical (unpaired) electrons. The number of hydrogen-bond acceptors (Lipinski definition) is 5. The predicted octanol–water partition coefficient (Wildman–Crippen LogP) is 4.50. The Morgan fingerprint density at radius 2 is 1.68 bits per heavy atom. The summed E-state index contributed by atoms with van der Waals surface area (Å²) in [7, 11) is 0. The van der Waals surface area contributed by atoms with Crippen LogP contribution in [0.3, 0.4) is 0 Å². The molecule has 3 aromatic carbocycles. The van der Waals surface area contributed by atoms with Crippen LogP contribution in [0, 0.1) is 0 Å². The first kappa shape index (κ1) is 22.8. The van der Waals surface area contributed by atoms with Gasteiger partial charge in [-0.1, -0.05) is 30.3 Å². The molecule has 3 aromatic rings. The zero-order valence-corrected chi connectivity index (χ0v) is 18.1. The number of carbonyl (C=O) groups excluding carboxylic acids is 2. The smallest absolute Gasteiger partial charge is 0.416 e. The molecule has 2 amide bonds. The summed E-state index contributed by atoms with van der Waals surface area (Å²) in [6, 6.07) is 14.5. The van der Waals surface area contributed by atoms with Gasteiger partial charge in [-0.2, -0.15) is 23.3 Å². The van der Waals surface area contributed by atoms with Crippen LogP contribution in [0.25, 0.3) is 10.8 Å². The summed E-state index contributed by atoms with van der Waals surface area (Å²) < 4.78 is 39.1. The Labute approximate surface area is 192 Å². The van der Waals surface area contributed by atoms with E-state index in [2.05, 4.69) is 16.0 Å². The Morgan fingerprint density at radius 1 is 1.00 bits per heavy atom. The quantitative estimate of drug-likeness (QED) is 0.388. The molecule has 34 heavy (non-hydrogen) atoms. The van der Waals surface area contributed by atoms with Crippen molar-refractivity contribution < 1.29 is 27.9 Å². The molecule has 0 aliphatic carbocycles. The number of anilines is 1. The summed E-state index contributed by atoms with van der Waals surface area (Å²) in [5, 5.41) is 16.7. The molecule has 7 nitrogen and oxygen atoms in total. The molecule has 1 heterocycles. The summed E-state index contributed by atoms with van der Waals surface area (Å²) in [6.07, 6.45) is -4.56. The second-order valence-corrected chi connectivity index (χ2v) is 7.65. The van der Waals surface area contributed by atoms with Gasteiger partial charge in [-0.25, -0.2) is 0 Å². The first-order valence-electron chi connectivity index (χ1n) is 10.1. The fourth-order valence-electron chi connectivity index (χ4n) is 3.62. The third kappa shape index (κ3) is 4.29. The molecule has 10 heteroatoms. The van der Waals surface area contributed by atoms with Gasteiger partial charge in [0.15, 0.2) is 0 Å². The third-order valence-electron chi connectivity index (χ3n) is 5.28. The van der Waals surface area contributed by atoms with Crippen molar-refractivity contribution in [2.45, 2.75) is 20.0 Å². The van der Waals surface area contributed by atoms with E-state index in [1.165, 1.54) is 38.1 Å². The van der Waals surface area contributed by atoms with E-state index in [0.29, 0.717) is 0 Å². The van der Waals surface area contributed by atoms with Gasteiger partial charge in [-0.05, 0) is 55.0 Å². The first-order chi connectivity index (χ1) is 16.1. The number of phenolic OH excluding ortho intramolecular Hbond substituents is 1. The Balaban J connectivity index is 1.54. The molecule has 0 spiro atoms. The summed E-state index contributed by atoms with van der Waals surface area (Å²) in [4.78, 5) is 25.5. The Morgan fingerprint density at radius 3 is 2.35 bits per heavy atom. The number of hydrazine groups is 1. The summed E-state index contributed by atoms with van der Waals surface area (Å²) >= 11 is 0. The third-order valence-corrected chi connectivity index (χ3v) is 5.28. The lowest BCUT2D eigenvalue weighted by molar-refractivity contribution is -0.137. The van der Waals surface area contributed by atoms with E-state index in [0.717, 1.165) is 27.9 Å². The highest BCUT2D eigenvalue weighted by Crippen LogP contribution is 2.33. The molecule has 4 rings (SSSR count). The molecule has 1 aliphatic heterocycles. The largest absolute Gasteiger partial charge is 0.507 e. The maximum atomic E-state index is 13.0. The number of nitrogens with zero attached hydrogens (tertiary/aromatic N) is 2. The van der Waals surface area contributed by atoms with Crippen molar-refractivity contribution in [2.24, 2.45) is 5.10 Å². The van der Waals surface area contributed by atoms with E-state index in [4.69, 9.17) is 0 Å². The number of fused-ring (bicyclic) bond motifs is 1. The lowest BCUT2D eigenvalue weighted by atomic mass is 10.1. The SMILES string of the molecule is CC1=NN(c2cccc(C(F)(F)F)c2)C(=O)/C1=C(/C)NNC(=O)c1cc2ccccc2cc1O. The minimum Gasteiger partial charge on any atom is -0.507 e. The maximum Gasteiger partial charge on any atom is 0.416 e. The predicted molar refractivity (Wildman–Crippen MR) is 121 cm³/mol. The monoisotopic (exact) mass is 468 g/mol. The minimum atomic E-state index is -4.56. The van der Waals surface area contributed by atoms with Crippen LogP contribution < -0.4 is 15.9 Å². The number of halogens is 3. The normalized spacial score (nSPS) is 15.4. The van der Waals surface area contributed by atoms with Gasteiger partial charge in [0.1, 0.15) is 5.75 Å². The molecule has 0 atom stereocenters. The van der Waals surface area contributed by atoms with E-state index in [1.807, 2.05) is 6.07 Å². The van der Waals surface area contributed by atoms with Crippen LogP contribution in [-0.4, -0.2) is 22.6 Å². The van der Waals surface area contributed by atoms with Crippen molar-refractivity contribution in [1.29, 1.82) is 0 Å². The lowest BCUT2D eigenvalue weighted by Gasteiger charge is -2.15. The van der Waals surface area contributed by atoms with Gasteiger partial charge < -0.3 is 10.5 Å². The average molecular weight is 468 g/mol. The molecule has 0 aromatic heterocycles. The summed E-state index contributed by atoms with van der Waals surface area (Å²) in [5.74, 6) is -1.50. The van der Waals surface area contributed by atoms with Crippen molar-refractivity contribution in [2.75, 3.05) is 5.01 Å². The molecule has 0 fully saturated rings. The van der Waals surface area contributed by atoms with Crippen LogP contribution in [0.2, 0.25) is 0 Å². The number of hydrogen-bond donors (Lipinski definition) is 3. The van der Waals surface area contributed by atoms with Gasteiger partial charge in [-0.3, -0.25) is 15.0 Å². The molecule has 0 bridgehead atoms. The molecular weight excluding hydrogens is 449 g/mol. The first-order valence-corrected chi connectivity index (χ1v) is 10.1. The van der Waals surface area contributed by atoms with Crippen LogP contribution in [0.15, 0.2) is 77.0 Å². The maximum absolute atomic E-state index is 13.0. The molecule has 174 valence electrons. The van der Waals surface area contributed by atoms with Crippen LogP contribution in [0.4, 0.5) is 18.9 Å². The molecule has 0 saturated heterocycles. The van der Waals surface area contributed by atoms with Crippen LogP contribution >= 0.6 is 0 Å². The van der Waals surface area contributed by atoms with E-state index < -0.39 is 23.6 Å². The summed E-state index contributed by atoms with van der Waals surface area (Å²) in [5.41, 5.74) is 4.73. The van der Waals surface area contributed by atoms with Crippen LogP contribution in [-0.2, 0) is 11.0 Å². The fourth-order valence-corrected chi connectivity index (χ4v) is 3.62. The Kier molecular flexibility index (Phi) is 5.74. The van der Waals surface area contributed by atoms with Crippen molar-refractivity contribution in [3.05, 3.63) is 83.1 Å². The van der Waals surface area contributed by atoms with Crippen LogP contribution in [0.1, 0.15) is 29.8 Å². The van der Waals surface area contributed by atoms with Crippen molar-refractivity contribution in [1.82, 2.24) is 10.9 Å². The van der Waals surface area contributed by atoms with Gasteiger partial charge in [0.25, 0.3) is 11.8 Å². The number of phenols is 1. The molecule has 1 aliphatic rings. The Bertz CT molecular complexity index is 1380. The Hall–Kier alpha value is -4.34. The van der Waals surface area contributed by atoms with E-state index in [1.54, 1.807) is 18.2 Å². The van der Waals surface area contributed by atoms with Crippen molar-refractivity contribution in [3.63, 3.8) is 0 Å². The number of benzene rings is 3. The number of rotatable bonds is 4. The zero-order valence-electron chi connectivity index (χ0n) is 18.1. The van der Waals surface area contributed by atoms with E-state index in [-0.39, 0.29) is 34.0 Å². The van der Waals surface area contributed by atoms with E-state index >= 15 is 0 Å². The number of carbonyl (C=O) groups is 2. The highest BCUT2D eigenvalue weighted by molar-refractivity contribution is 6.30. The minimum absolute atomic E-state index is 0.0257. The number of alkyl halides is 3. The highest BCUT2D eigenvalue weighted by Gasteiger charge is 2.34. The second-order valence-electron chi connectivity index (χ2n) is 7.65. The highest BCUT2D eigenvalue weighted by atomic mass is 19.4. The van der Waals surface area contributed by atoms with Gasteiger partial charge in [0, 0.05) is 5.70 Å². The lowest BCUT2D eigenvalue weighted by Crippen LogP contribution is -2.38.